The molecule has 1 N–H and O–H groups in total. The third-order valence-electron chi connectivity index (χ3n) is 2.93. The van der Waals surface area contributed by atoms with Crippen molar-refractivity contribution in [3.63, 3.8) is 0 Å². The highest BCUT2D eigenvalue weighted by atomic mass is 35.5. The number of hydrogen-bond donors (Lipinski definition) is 1. The summed E-state index contributed by atoms with van der Waals surface area (Å²) in [6, 6.07) is 5.44. The first-order valence-electron chi connectivity index (χ1n) is 6.65. The van der Waals surface area contributed by atoms with Crippen molar-refractivity contribution in [2.75, 3.05) is 18.9 Å². The van der Waals surface area contributed by atoms with Gasteiger partial charge in [-0.25, -0.2) is 4.98 Å². The molecule has 0 aliphatic rings. The molecule has 2 aromatic rings. The van der Waals surface area contributed by atoms with Gasteiger partial charge in [-0.05, 0) is 24.6 Å². The summed E-state index contributed by atoms with van der Waals surface area (Å²) < 4.78 is 0. The highest BCUT2D eigenvalue weighted by molar-refractivity contribution is 6.33. The molecule has 0 radical (unpaired) electrons. The summed E-state index contributed by atoms with van der Waals surface area (Å²) in [6.45, 7) is 3.17. The van der Waals surface area contributed by atoms with Crippen LogP contribution in [0.3, 0.4) is 0 Å². The molecule has 0 bridgehead atoms. The first kappa shape index (κ1) is 15.3. The number of aromatic nitrogens is 2. The zero-order valence-corrected chi connectivity index (χ0v) is 12.8. The van der Waals surface area contributed by atoms with Gasteiger partial charge in [0, 0.05) is 38.7 Å². The fraction of sp³-hybridized carbons (Fsp3) is 0.267. The molecule has 2 rings (SSSR count). The van der Waals surface area contributed by atoms with Gasteiger partial charge >= 0.3 is 0 Å². The van der Waals surface area contributed by atoms with Gasteiger partial charge in [0.05, 0.1) is 10.6 Å². The largest absolute Gasteiger partial charge is 0.370 e. The molecule has 2 heterocycles. The minimum absolute atomic E-state index is 0.148. The molecule has 0 atom stereocenters. The van der Waals surface area contributed by atoms with Crippen LogP contribution >= 0.6 is 11.6 Å². The predicted molar refractivity (Wildman–Crippen MR) is 83.4 cm³/mol. The molecular weight excluding hydrogens is 288 g/mol. The van der Waals surface area contributed by atoms with Gasteiger partial charge in [-0.3, -0.25) is 9.78 Å². The van der Waals surface area contributed by atoms with Gasteiger partial charge in [-0.1, -0.05) is 17.7 Å². The summed E-state index contributed by atoms with van der Waals surface area (Å²) >= 11 is 6.09. The minimum Gasteiger partial charge on any atom is -0.370 e. The van der Waals surface area contributed by atoms with E-state index in [1.54, 1.807) is 30.4 Å². The normalized spacial score (nSPS) is 10.2. The lowest BCUT2D eigenvalue weighted by molar-refractivity contribution is 0.0785. The number of pyridine rings is 2. The van der Waals surface area contributed by atoms with Crippen molar-refractivity contribution in [1.82, 2.24) is 14.9 Å². The van der Waals surface area contributed by atoms with E-state index in [9.17, 15) is 4.79 Å². The number of amides is 1. The second-order valence-electron chi connectivity index (χ2n) is 4.60. The van der Waals surface area contributed by atoms with E-state index in [1.165, 1.54) is 6.20 Å². The van der Waals surface area contributed by atoms with Crippen molar-refractivity contribution in [2.45, 2.75) is 13.5 Å². The number of carbonyl (C=O) groups excluding carboxylic acids is 1. The smallest absolute Gasteiger partial charge is 0.255 e. The molecular formula is C15H17ClN4O. The van der Waals surface area contributed by atoms with Crippen LogP contribution in [0.2, 0.25) is 5.02 Å². The van der Waals surface area contributed by atoms with E-state index >= 15 is 0 Å². The Bertz CT molecular complexity index is 618. The fourth-order valence-electron chi connectivity index (χ4n) is 1.92. The van der Waals surface area contributed by atoms with E-state index in [1.807, 2.05) is 19.1 Å². The molecule has 6 heteroatoms. The van der Waals surface area contributed by atoms with E-state index in [0.29, 0.717) is 22.9 Å². The minimum atomic E-state index is -0.148. The monoisotopic (exact) mass is 304 g/mol. The molecule has 0 saturated carbocycles. The molecule has 0 fully saturated rings. The van der Waals surface area contributed by atoms with Crippen molar-refractivity contribution in [2.24, 2.45) is 0 Å². The Balaban J connectivity index is 2.17. The van der Waals surface area contributed by atoms with E-state index in [4.69, 9.17) is 11.6 Å². The van der Waals surface area contributed by atoms with Crippen LogP contribution in [0.15, 0.2) is 36.8 Å². The number of rotatable bonds is 5. The van der Waals surface area contributed by atoms with Crippen molar-refractivity contribution >= 4 is 23.3 Å². The standard InChI is InChI=1S/C15H17ClN4O/c1-3-18-14-7-12(13(16)9-19-14)15(21)20(2)10-11-5-4-6-17-8-11/h4-9H,3,10H2,1-2H3,(H,18,19). The van der Waals surface area contributed by atoms with Crippen LogP contribution in [0, 0.1) is 0 Å². The van der Waals surface area contributed by atoms with Crippen LogP contribution in [-0.4, -0.2) is 34.4 Å². The third-order valence-corrected chi connectivity index (χ3v) is 3.23. The van der Waals surface area contributed by atoms with Gasteiger partial charge in [-0.15, -0.1) is 0 Å². The van der Waals surface area contributed by atoms with Gasteiger partial charge in [0.1, 0.15) is 5.82 Å². The Morgan fingerprint density at radius 3 is 2.90 bits per heavy atom. The molecule has 0 aliphatic carbocycles. The van der Waals surface area contributed by atoms with Crippen LogP contribution in [0.4, 0.5) is 5.82 Å². The summed E-state index contributed by atoms with van der Waals surface area (Å²) in [6.07, 6.45) is 4.93. The fourth-order valence-corrected chi connectivity index (χ4v) is 2.11. The lowest BCUT2D eigenvalue weighted by Gasteiger charge is -2.18. The summed E-state index contributed by atoms with van der Waals surface area (Å²) in [4.78, 5) is 22.3. The zero-order chi connectivity index (χ0) is 15.2. The van der Waals surface area contributed by atoms with Crippen LogP contribution in [-0.2, 0) is 6.54 Å². The van der Waals surface area contributed by atoms with Gasteiger partial charge in [0.15, 0.2) is 0 Å². The van der Waals surface area contributed by atoms with Crippen molar-refractivity contribution in [3.05, 3.63) is 52.9 Å². The molecule has 5 nitrogen and oxygen atoms in total. The molecule has 110 valence electrons. The van der Waals surface area contributed by atoms with Gasteiger partial charge in [0.25, 0.3) is 5.91 Å². The van der Waals surface area contributed by atoms with Crippen molar-refractivity contribution in [3.8, 4) is 0 Å². The SMILES string of the molecule is CCNc1cc(C(=O)N(C)Cc2cccnc2)c(Cl)cn1. The van der Waals surface area contributed by atoms with Gasteiger partial charge < -0.3 is 10.2 Å². The first-order chi connectivity index (χ1) is 10.1. The highest BCUT2D eigenvalue weighted by Gasteiger charge is 2.16. The summed E-state index contributed by atoms with van der Waals surface area (Å²) in [5.41, 5.74) is 1.40. The van der Waals surface area contributed by atoms with Crippen LogP contribution in [0.5, 0.6) is 0 Å². The quantitative estimate of drug-likeness (QED) is 0.923. The predicted octanol–water partition coefficient (Wildman–Crippen LogP) is 2.83. The number of carbonyl (C=O) groups is 1. The van der Waals surface area contributed by atoms with Crippen LogP contribution in [0.25, 0.3) is 0 Å². The van der Waals surface area contributed by atoms with Crippen molar-refractivity contribution < 1.29 is 4.79 Å². The van der Waals surface area contributed by atoms with Crippen LogP contribution < -0.4 is 5.32 Å². The van der Waals surface area contributed by atoms with E-state index < -0.39 is 0 Å². The number of nitrogens with zero attached hydrogens (tertiary/aromatic N) is 3. The molecule has 21 heavy (non-hydrogen) atoms. The molecule has 2 aromatic heterocycles. The average molecular weight is 305 g/mol. The first-order valence-corrected chi connectivity index (χ1v) is 7.03. The number of nitrogens with one attached hydrogen (secondary N) is 1. The lowest BCUT2D eigenvalue weighted by Crippen LogP contribution is -2.26. The number of hydrogen-bond acceptors (Lipinski definition) is 4. The lowest BCUT2D eigenvalue weighted by atomic mass is 10.2. The Hall–Kier alpha value is -2.14. The Morgan fingerprint density at radius 1 is 1.43 bits per heavy atom. The second kappa shape index (κ2) is 7.04. The summed E-state index contributed by atoms with van der Waals surface area (Å²) in [5, 5.41) is 3.42. The van der Waals surface area contributed by atoms with Crippen molar-refractivity contribution in [1.29, 1.82) is 0 Å². The van der Waals surface area contributed by atoms with E-state index in [0.717, 1.165) is 12.1 Å². The topological polar surface area (TPSA) is 58.1 Å². The molecule has 1 amide bonds. The summed E-state index contributed by atoms with van der Waals surface area (Å²) in [5.74, 6) is 0.491. The number of anilines is 1. The second-order valence-corrected chi connectivity index (χ2v) is 5.01. The Labute approximate surface area is 129 Å². The average Bonchev–Trinajstić information content (AvgIpc) is 2.50. The summed E-state index contributed by atoms with van der Waals surface area (Å²) in [7, 11) is 1.74. The molecule has 0 aromatic carbocycles. The maximum Gasteiger partial charge on any atom is 0.255 e. The van der Waals surface area contributed by atoms with E-state index in [-0.39, 0.29) is 5.91 Å². The van der Waals surface area contributed by atoms with Gasteiger partial charge in [0.2, 0.25) is 0 Å². The number of halogens is 1. The van der Waals surface area contributed by atoms with E-state index in [2.05, 4.69) is 15.3 Å². The Kier molecular flexibility index (Phi) is 5.11. The zero-order valence-electron chi connectivity index (χ0n) is 12.0. The van der Waals surface area contributed by atoms with Crippen LogP contribution in [0.1, 0.15) is 22.8 Å². The maximum absolute atomic E-state index is 12.5. The molecule has 0 saturated heterocycles. The Morgan fingerprint density at radius 2 is 2.24 bits per heavy atom. The molecule has 0 spiro atoms. The van der Waals surface area contributed by atoms with Gasteiger partial charge in [-0.2, -0.15) is 0 Å². The molecule has 0 unspecified atom stereocenters. The molecule has 0 aliphatic heterocycles. The third kappa shape index (κ3) is 3.92. The maximum atomic E-state index is 12.5. The highest BCUT2D eigenvalue weighted by Crippen LogP contribution is 2.20.